The summed E-state index contributed by atoms with van der Waals surface area (Å²) in [5.74, 6) is 0.709. The molecule has 0 unspecified atom stereocenters. The zero-order valence-corrected chi connectivity index (χ0v) is 29.3. The van der Waals surface area contributed by atoms with E-state index in [1.54, 1.807) is 0 Å². The third kappa shape index (κ3) is 4.78. The summed E-state index contributed by atoms with van der Waals surface area (Å²) < 4.78 is 4.70. The van der Waals surface area contributed by atoms with E-state index in [2.05, 4.69) is 197 Å². The number of nitrogens with zero attached hydrogens (tertiary/aromatic N) is 4. The van der Waals surface area contributed by atoms with Crippen LogP contribution < -0.4 is 0 Å². The largest absolute Gasteiger partial charge is 0.309 e. The van der Waals surface area contributed by atoms with Crippen LogP contribution in [0.25, 0.3) is 99.7 Å². The molecule has 3 heterocycles. The van der Waals surface area contributed by atoms with E-state index in [1.165, 1.54) is 49.2 Å². The summed E-state index contributed by atoms with van der Waals surface area (Å²) in [5.41, 5.74) is 13.2. The van der Waals surface area contributed by atoms with Crippen molar-refractivity contribution in [3.8, 4) is 45.1 Å². The van der Waals surface area contributed by atoms with Gasteiger partial charge in [-0.1, -0.05) is 127 Å². The molecular formula is C50H32N4. The molecule has 0 N–H and O–H groups in total. The van der Waals surface area contributed by atoms with E-state index in [0.717, 1.165) is 44.6 Å². The Kier molecular flexibility index (Phi) is 6.82. The monoisotopic (exact) mass is 688 g/mol. The lowest BCUT2D eigenvalue weighted by Gasteiger charge is -2.12. The van der Waals surface area contributed by atoms with E-state index in [-0.39, 0.29) is 0 Å². The predicted octanol–water partition coefficient (Wildman–Crippen LogP) is 12.8. The van der Waals surface area contributed by atoms with E-state index < -0.39 is 0 Å². The maximum Gasteiger partial charge on any atom is 0.160 e. The Morgan fingerprint density at radius 1 is 0.296 bits per heavy atom. The number of para-hydroxylation sites is 4. The summed E-state index contributed by atoms with van der Waals surface area (Å²) in [7, 11) is 0. The van der Waals surface area contributed by atoms with Gasteiger partial charge in [0, 0.05) is 49.4 Å². The Balaban J connectivity index is 1.03. The van der Waals surface area contributed by atoms with Gasteiger partial charge in [-0.2, -0.15) is 0 Å². The van der Waals surface area contributed by atoms with Crippen molar-refractivity contribution in [3.63, 3.8) is 0 Å². The molecule has 0 amide bonds. The Morgan fingerprint density at radius 2 is 0.741 bits per heavy atom. The van der Waals surface area contributed by atoms with E-state index in [0.29, 0.717) is 5.82 Å². The van der Waals surface area contributed by atoms with Gasteiger partial charge < -0.3 is 9.13 Å². The standard InChI is InChI=1S/C50H32N4/c1-2-12-33(13-3-1)34-22-27-37(28-23-34)54-47-21-11-7-16-41(47)43-32-36(26-31-48(43)54)50-51-44-18-8-4-17-42(44)49(52-50)35-24-29-38(30-25-35)53-45-19-9-5-14-39(45)40-15-6-10-20-46(40)53/h1-32H. The molecule has 8 aromatic carbocycles. The molecule has 0 aliphatic rings. The van der Waals surface area contributed by atoms with Crippen molar-refractivity contribution < 1.29 is 0 Å². The SMILES string of the molecule is c1ccc(-c2ccc(-n3c4ccccc4c4cc(-c5nc(-c6ccc(-n7c8ccccc8c8ccccc87)cc6)c6ccccc6n5)ccc43)cc2)cc1. The van der Waals surface area contributed by atoms with Crippen molar-refractivity contribution in [2.24, 2.45) is 0 Å². The van der Waals surface area contributed by atoms with Crippen LogP contribution in [0.2, 0.25) is 0 Å². The fourth-order valence-corrected chi connectivity index (χ4v) is 8.22. The molecule has 0 aliphatic heterocycles. The van der Waals surface area contributed by atoms with E-state index >= 15 is 0 Å². The highest BCUT2D eigenvalue weighted by molar-refractivity contribution is 6.11. The van der Waals surface area contributed by atoms with Gasteiger partial charge in [-0.05, 0) is 77.9 Å². The molecule has 0 bridgehead atoms. The second-order valence-corrected chi connectivity index (χ2v) is 13.8. The molecule has 3 aromatic heterocycles. The van der Waals surface area contributed by atoms with Crippen LogP contribution >= 0.6 is 0 Å². The highest BCUT2D eigenvalue weighted by atomic mass is 15.0. The van der Waals surface area contributed by atoms with Crippen molar-refractivity contribution in [2.75, 3.05) is 0 Å². The van der Waals surface area contributed by atoms with Gasteiger partial charge in [0.25, 0.3) is 0 Å². The van der Waals surface area contributed by atoms with Crippen molar-refractivity contribution in [2.45, 2.75) is 0 Å². The van der Waals surface area contributed by atoms with Crippen molar-refractivity contribution in [1.82, 2.24) is 19.1 Å². The lowest BCUT2D eigenvalue weighted by Crippen LogP contribution is -1.97. The van der Waals surface area contributed by atoms with Crippen LogP contribution in [-0.4, -0.2) is 19.1 Å². The van der Waals surface area contributed by atoms with Crippen LogP contribution in [0, 0.1) is 0 Å². The molecule has 11 aromatic rings. The smallest absolute Gasteiger partial charge is 0.160 e. The Hall–Kier alpha value is -7.30. The highest BCUT2D eigenvalue weighted by Gasteiger charge is 2.17. The molecule has 0 radical (unpaired) electrons. The number of hydrogen-bond acceptors (Lipinski definition) is 2. The normalized spacial score (nSPS) is 11.7. The van der Waals surface area contributed by atoms with Crippen LogP contribution in [0.15, 0.2) is 194 Å². The van der Waals surface area contributed by atoms with Gasteiger partial charge in [0.2, 0.25) is 0 Å². The molecular weight excluding hydrogens is 657 g/mol. The molecule has 4 nitrogen and oxygen atoms in total. The summed E-state index contributed by atoms with van der Waals surface area (Å²) in [6.45, 7) is 0. The molecule has 4 heteroatoms. The number of aromatic nitrogens is 4. The van der Waals surface area contributed by atoms with Gasteiger partial charge in [0.1, 0.15) is 0 Å². The zero-order valence-electron chi connectivity index (χ0n) is 29.3. The van der Waals surface area contributed by atoms with Gasteiger partial charge in [0.05, 0.1) is 33.3 Å². The average molecular weight is 689 g/mol. The number of benzene rings is 8. The molecule has 54 heavy (non-hydrogen) atoms. The fourth-order valence-electron chi connectivity index (χ4n) is 8.22. The minimum Gasteiger partial charge on any atom is -0.309 e. The Labute approximate surface area is 311 Å². The second-order valence-electron chi connectivity index (χ2n) is 13.8. The second kappa shape index (κ2) is 12.1. The van der Waals surface area contributed by atoms with E-state index in [1.807, 2.05) is 6.07 Å². The van der Waals surface area contributed by atoms with Crippen molar-refractivity contribution in [3.05, 3.63) is 194 Å². The molecule has 0 spiro atoms. The number of fused-ring (bicyclic) bond motifs is 7. The van der Waals surface area contributed by atoms with E-state index in [9.17, 15) is 0 Å². The molecule has 0 aliphatic carbocycles. The van der Waals surface area contributed by atoms with E-state index in [4.69, 9.17) is 9.97 Å². The summed E-state index contributed by atoms with van der Waals surface area (Å²) in [6.07, 6.45) is 0. The van der Waals surface area contributed by atoms with Gasteiger partial charge in [0.15, 0.2) is 5.82 Å². The molecule has 0 fully saturated rings. The minimum atomic E-state index is 0.709. The molecule has 11 rings (SSSR count). The van der Waals surface area contributed by atoms with Crippen LogP contribution in [0.4, 0.5) is 0 Å². The summed E-state index contributed by atoms with van der Waals surface area (Å²) in [6, 6.07) is 69.0. The quantitative estimate of drug-likeness (QED) is 0.180. The lowest BCUT2D eigenvalue weighted by molar-refractivity contribution is 1.18. The lowest BCUT2D eigenvalue weighted by atomic mass is 10.0. The first kappa shape index (κ1) is 30.3. The van der Waals surface area contributed by atoms with Crippen LogP contribution in [0.1, 0.15) is 0 Å². The first-order valence-electron chi connectivity index (χ1n) is 18.3. The predicted molar refractivity (Wildman–Crippen MR) is 225 cm³/mol. The fraction of sp³-hybridized carbons (Fsp3) is 0. The maximum atomic E-state index is 5.30. The third-order valence-electron chi connectivity index (χ3n) is 10.7. The van der Waals surface area contributed by atoms with Gasteiger partial charge in [-0.3, -0.25) is 0 Å². The van der Waals surface area contributed by atoms with Gasteiger partial charge in [-0.25, -0.2) is 9.97 Å². The number of rotatable bonds is 5. The molecule has 0 atom stereocenters. The van der Waals surface area contributed by atoms with Crippen molar-refractivity contribution in [1.29, 1.82) is 0 Å². The molecule has 0 saturated carbocycles. The maximum absolute atomic E-state index is 5.30. The highest BCUT2D eigenvalue weighted by Crippen LogP contribution is 2.37. The first-order chi connectivity index (χ1) is 26.8. The van der Waals surface area contributed by atoms with Crippen LogP contribution in [0.3, 0.4) is 0 Å². The van der Waals surface area contributed by atoms with Gasteiger partial charge >= 0.3 is 0 Å². The molecule has 252 valence electrons. The zero-order chi connectivity index (χ0) is 35.6. The average Bonchev–Trinajstić information content (AvgIpc) is 3.76. The van der Waals surface area contributed by atoms with Gasteiger partial charge in [-0.15, -0.1) is 0 Å². The summed E-state index contributed by atoms with van der Waals surface area (Å²) in [5, 5.41) is 5.91. The topological polar surface area (TPSA) is 35.6 Å². The van der Waals surface area contributed by atoms with Crippen LogP contribution in [-0.2, 0) is 0 Å². The Bertz CT molecular complexity index is 3140. The summed E-state index contributed by atoms with van der Waals surface area (Å²) in [4.78, 5) is 10.4. The molecule has 0 saturated heterocycles. The third-order valence-corrected chi connectivity index (χ3v) is 10.7. The number of hydrogen-bond donors (Lipinski definition) is 0. The van der Waals surface area contributed by atoms with Crippen molar-refractivity contribution >= 4 is 54.5 Å². The van der Waals surface area contributed by atoms with Crippen LogP contribution in [0.5, 0.6) is 0 Å². The first-order valence-corrected chi connectivity index (χ1v) is 18.3. The minimum absolute atomic E-state index is 0.709. The summed E-state index contributed by atoms with van der Waals surface area (Å²) >= 11 is 0. The Morgan fingerprint density at radius 3 is 1.35 bits per heavy atom.